The molecule has 0 atom stereocenters. The molecule has 0 bridgehead atoms. The van der Waals surface area contributed by atoms with Gasteiger partial charge in [-0.3, -0.25) is 9.48 Å². The number of nitrogens with zero attached hydrogens (tertiary/aromatic N) is 2. The molecule has 0 spiro atoms. The van der Waals surface area contributed by atoms with Crippen LogP contribution >= 0.6 is 11.6 Å². The largest absolute Gasteiger partial charge is 0.398 e. The molecule has 0 saturated heterocycles. The summed E-state index contributed by atoms with van der Waals surface area (Å²) in [5.41, 5.74) is 7.13. The van der Waals surface area contributed by atoms with Crippen molar-refractivity contribution in [1.82, 2.24) is 9.78 Å². The maximum Gasteiger partial charge on any atom is 0.257 e. The molecule has 1 amide bonds. The fourth-order valence-corrected chi connectivity index (χ4v) is 1.80. The summed E-state index contributed by atoms with van der Waals surface area (Å²) in [4.78, 5) is 12.1. The molecular formula is C13H15ClN4O. The van der Waals surface area contributed by atoms with E-state index in [2.05, 4.69) is 10.4 Å². The first-order chi connectivity index (χ1) is 8.97. The lowest BCUT2D eigenvalue weighted by molar-refractivity contribution is 0.102. The van der Waals surface area contributed by atoms with Gasteiger partial charge in [-0.2, -0.15) is 5.10 Å². The Morgan fingerprint density at radius 1 is 1.47 bits per heavy atom. The normalized spacial score (nSPS) is 10.7. The van der Waals surface area contributed by atoms with E-state index in [0.717, 1.165) is 0 Å². The Hall–Kier alpha value is -2.01. The van der Waals surface area contributed by atoms with Crippen molar-refractivity contribution >= 4 is 28.9 Å². The number of anilines is 2. The number of nitrogens with one attached hydrogen (secondary N) is 1. The van der Waals surface area contributed by atoms with E-state index in [1.807, 2.05) is 13.8 Å². The molecular weight excluding hydrogens is 264 g/mol. The number of aromatic nitrogens is 2. The summed E-state index contributed by atoms with van der Waals surface area (Å²) in [6.45, 7) is 4.02. The van der Waals surface area contributed by atoms with E-state index in [1.165, 1.54) is 0 Å². The number of nitrogen functional groups attached to an aromatic ring is 1. The summed E-state index contributed by atoms with van der Waals surface area (Å²) in [7, 11) is 0. The van der Waals surface area contributed by atoms with Crippen LogP contribution in [0.3, 0.4) is 0 Å². The van der Waals surface area contributed by atoms with E-state index in [9.17, 15) is 4.79 Å². The molecule has 0 radical (unpaired) electrons. The Bertz CT molecular complexity index is 606. The highest BCUT2D eigenvalue weighted by Crippen LogP contribution is 2.19. The van der Waals surface area contributed by atoms with Gasteiger partial charge < -0.3 is 11.1 Å². The van der Waals surface area contributed by atoms with Crippen LogP contribution < -0.4 is 11.1 Å². The number of carbonyl (C=O) groups excluding carboxylic acids is 1. The van der Waals surface area contributed by atoms with Gasteiger partial charge >= 0.3 is 0 Å². The number of carbonyl (C=O) groups is 1. The predicted octanol–water partition coefficient (Wildman–Crippen LogP) is 2.95. The highest BCUT2D eigenvalue weighted by atomic mass is 35.5. The van der Waals surface area contributed by atoms with E-state index in [0.29, 0.717) is 22.0 Å². The van der Waals surface area contributed by atoms with Gasteiger partial charge in [-0.1, -0.05) is 11.6 Å². The van der Waals surface area contributed by atoms with Crippen molar-refractivity contribution in [2.75, 3.05) is 11.1 Å². The average Bonchev–Trinajstić information content (AvgIpc) is 2.77. The third-order valence-electron chi connectivity index (χ3n) is 2.65. The van der Waals surface area contributed by atoms with Crippen LogP contribution in [0.25, 0.3) is 0 Å². The smallest absolute Gasteiger partial charge is 0.257 e. The fraction of sp³-hybridized carbons (Fsp3) is 0.231. The molecule has 0 fully saturated rings. The van der Waals surface area contributed by atoms with Crippen LogP contribution in [0.2, 0.25) is 5.02 Å². The van der Waals surface area contributed by atoms with Gasteiger partial charge in [0.05, 0.1) is 17.4 Å². The summed E-state index contributed by atoms with van der Waals surface area (Å²) in [6, 6.07) is 5.02. The number of amides is 1. The molecule has 0 aliphatic heterocycles. The SMILES string of the molecule is CC(C)n1cc(NC(=O)c2ccc(Cl)cc2N)cn1. The van der Waals surface area contributed by atoms with Crippen LogP contribution in [0, 0.1) is 0 Å². The first-order valence-corrected chi connectivity index (χ1v) is 6.25. The molecule has 100 valence electrons. The van der Waals surface area contributed by atoms with Gasteiger partial charge in [0.15, 0.2) is 0 Å². The maximum absolute atomic E-state index is 12.1. The molecule has 0 saturated carbocycles. The lowest BCUT2D eigenvalue weighted by atomic mass is 10.1. The van der Waals surface area contributed by atoms with Gasteiger partial charge in [-0.25, -0.2) is 0 Å². The maximum atomic E-state index is 12.1. The van der Waals surface area contributed by atoms with Crippen LogP contribution in [-0.4, -0.2) is 15.7 Å². The summed E-state index contributed by atoms with van der Waals surface area (Å²) >= 11 is 5.79. The molecule has 1 aromatic carbocycles. The third kappa shape index (κ3) is 3.06. The van der Waals surface area contributed by atoms with Crippen molar-refractivity contribution < 1.29 is 4.79 Å². The van der Waals surface area contributed by atoms with E-state index >= 15 is 0 Å². The number of benzene rings is 1. The van der Waals surface area contributed by atoms with Crippen molar-refractivity contribution in [3.63, 3.8) is 0 Å². The van der Waals surface area contributed by atoms with Crippen LogP contribution in [0.4, 0.5) is 11.4 Å². The van der Waals surface area contributed by atoms with Crippen LogP contribution in [0.5, 0.6) is 0 Å². The van der Waals surface area contributed by atoms with Crippen molar-refractivity contribution in [2.24, 2.45) is 0 Å². The highest BCUT2D eigenvalue weighted by Gasteiger charge is 2.11. The third-order valence-corrected chi connectivity index (χ3v) is 2.88. The second-order valence-corrected chi connectivity index (χ2v) is 4.92. The van der Waals surface area contributed by atoms with E-state index < -0.39 is 0 Å². The number of halogens is 1. The van der Waals surface area contributed by atoms with Gasteiger partial charge in [-0.15, -0.1) is 0 Å². The van der Waals surface area contributed by atoms with E-state index in [4.69, 9.17) is 17.3 Å². The highest BCUT2D eigenvalue weighted by molar-refractivity contribution is 6.31. The zero-order chi connectivity index (χ0) is 14.0. The Morgan fingerprint density at radius 2 is 2.21 bits per heavy atom. The average molecular weight is 279 g/mol. The zero-order valence-electron chi connectivity index (χ0n) is 10.7. The van der Waals surface area contributed by atoms with Crippen LogP contribution in [0.15, 0.2) is 30.6 Å². The van der Waals surface area contributed by atoms with E-state index in [1.54, 1.807) is 35.3 Å². The van der Waals surface area contributed by atoms with Gasteiger partial charge in [-0.05, 0) is 32.0 Å². The molecule has 0 aliphatic carbocycles. The van der Waals surface area contributed by atoms with Gasteiger partial charge in [0.1, 0.15) is 0 Å². The Balaban J connectivity index is 2.16. The molecule has 5 nitrogen and oxygen atoms in total. The first kappa shape index (κ1) is 13.4. The van der Waals surface area contributed by atoms with Gasteiger partial charge in [0.25, 0.3) is 5.91 Å². The Morgan fingerprint density at radius 3 is 2.79 bits per heavy atom. The molecule has 6 heteroatoms. The minimum Gasteiger partial charge on any atom is -0.398 e. The minimum absolute atomic E-state index is 0.242. The molecule has 1 aromatic heterocycles. The lowest BCUT2D eigenvalue weighted by Gasteiger charge is -2.06. The fourth-order valence-electron chi connectivity index (χ4n) is 1.62. The predicted molar refractivity (Wildman–Crippen MR) is 76.4 cm³/mol. The molecule has 2 rings (SSSR count). The van der Waals surface area contributed by atoms with Gasteiger partial charge in [0.2, 0.25) is 0 Å². The van der Waals surface area contributed by atoms with Gasteiger partial charge in [0, 0.05) is 22.9 Å². The van der Waals surface area contributed by atoms with E-state index in [-0.39, 0.29) is 11.9 Å². The summed E-state index contributed by atoms with van der Waals surface area (Å²) in [5, 5.41) is 7.40. The summed E-state index contributed by atoms with van der Waals surface area (Å²) in [6.07, 6.45) is 3.37. The van der Waals surface area contributed by atoms with Crippen molar-refractivity contribution in [3.8, 4) is 0 Å². The lowest BCUT2D eigenvalue weighted by Crippen LogP contribution is -2.13. The molecule has 0 aliphatic rings. The Labute approximate surface area is 116 Å². The van der Waals surface area contributed by atoms with Crippen molar-refractivity contribution in [1.29, 1.82) is 0 Å². The van der Waals surface area contributed by atoms with Crippen molar-refractivity contribution in [3.05, 3.63) is 41.2 Å². The quantitative estimate of drug-likeness (QED) is 0.848. The topological polar surface area (TPSA) is 72.9 Å². The second-order valence-electron chi connectivity index (χ2n) is 4.49. The second kappa shape index (κ2) is 5.32. The summed E-state index contributed by atoms with van der Waals surface area (Å²) in [5.74, 6) is -0.280. The first-order valence-electron chi connectivity index (χ1n) is 5.88. The molecule has 2 aromatic rings. The molecule has 3 N–H and O–H groups in total. The molecule has 19 heavy (non-hydrogen) atoms. The standard InChI is InChI=1S/C13H15ClN4O/c1-8(2)18-7-10(6-16-18)17-13(19)11-4-3-9(14)5-12(11)15/h3-8H,15H2,1-2H3,(H,17,19). The monoisotopic (exact) mass is 278 g/mol. The summed E-state index contributed by atoms with van der Waals surface area (Å²) < 4.78 is 1.76. The number of hydrogen-bond donors (Lipinski definition) is 2. The number of nitrogens with two attached hydrogens (primary N) is 1. The Kier molecular flexibility index (Phi) is 3.76. The molecule has 1 heterocycles. The number of hydrogen-bond acceptors (Lipinski definition) is 3. The van der Waals surface area contributed by atoms with Crippen LogP contribution in [0.1, 0.15) is 30.2 Å². The minimum atomic E-state index is -0.280. The van der Waals surface area contributed by atoms with Crippen LogP contribution in [-0.2, 0) is 0 Å². The number of rotatable bonds is 3. The zero-order valence-corrected chi connectivity index (χ0v) is 11.5. The van der Waals surface area contributed by atoms with Crippen molar-refractivity contribution in [2.45, 2.75) is 19.9 Å². The molecule has 0 unspecified atom stereocenters.